The summed E-state index contributed by atoms with van der Waals surface area (Å²) in [7, 11) is 0. The molecule has 7 heteroatoms. The van der Waals surface area contributed by atoms with Crippen molar-refractivity contribution in [2.45, 2.75) is 26.3 Å². The zero-order valence-corrected chi connectivity index (χ0v) is 14.1. The van der Waals surface area contributed by atoms with Crippen LogP contribution in [0, 0.1) is 5.92 Å². The second-order valence-corrected chi connectivity index (χ2v) is 5.63. The summed E-state index contributed by atoms with van der Waals surface area (Å²) < 4.78 is 4.88. The van der Waals surface area contributed by atoms with Crippen LogP contribution in [0.25, 0.3) is 10.9 Å². The zero-order chi connectivity index (χ0) is 18.4. The molecule has 0 saturated carbocycles. The number of pyridine rings is 1. The van der Waals surface area contributed by atoms with E-state index in [1.807, 2.05) is 0 Å². The summed E-state index contributed by atoms with van der Waals surface area (Å²) >= 11 is 0. The van der Waals surface area contributed by atoms with Gasteiger partial charge in [-0.3, -0.25) is 14.6 Å². The molecule has 0 aliphatic heterocycles. The highest BCUT2D eigenvalue weighted by Gasteiger charge is 2.27. The Balaban J connectivity index is 2.17. The summed E-state index contributed by atoms with van der Waals surface area (Å²) in [5, 5.41) is 12.5. The van der Waals surface area contributed by atoms with Gasteiger partial charge in [-0.2, -0.15) is 0 Å². The molecule has 2 aromatic rings. The molecule has 1 aromatic heterocycles. The SMILES string of the molecule is CCOC(=O)[C@H](C)C[C@H](NC(=O)c1ccnc2ccccc12)C(=O)O. The van der Waals surface area contributed by atoms with Crippen molar-refractivity contribution in [3.8, 4) is 0 Å². The molecule has 1 heterocycles. The van der Waals surface area contributed by atoms with E-state index in [0.29, 0.717) is 16.5 Å². The van der Waals surface area contributed by atoms with Gasteiger partial charge in [0.2, 0.25) is 0 Å². The number of carbonyl (C=O) groups is 3. The van der Waals surface area contributed by atoms with Crippen LogP contribution in [0.1, 0.15) is 30.6 Å². The van der Waals surface area contributed by atoms with E-state index in [1.54, 1.807) is 38.1 Å². The van der Waals surface area contributed by atoms with E-state index in [1.165, 1.54) is 12.3 Å². The van der Waals surface area contributed by atoms with Crippen LogP contribution in [-0.4, -0.2) is 40.6 Å². The zero-order valence-electron chi connectivity index (χ0n) is 14.1. The van der Waals surface area contributed by atoms with Gasteiger partial charge in [-0.1, -0.05) is 25.1 Å². The normalized spacial score (nSPS) is 13.0. The molecular formula is C18H20N2O5. The Morgan fingerprint density at radius 1 is 1.24 bits per heavy atom. The standard InChI is InChI=1S/C18H20N2O5/c1-3-25-18(24)11(2)10-15(17(22)23)20-16(21)13-8-9-19-14-7-5-4-6-12(13)14/h4-9,11,15H,3,10H2,1-2H3,(H,20,21)(H,22,23)/t11-,15+/m1/s1. The first-order valence-corrected chi connectivity index (χ1v) is 7.98. The fourth-order valence-electron chi connectivity index (χ4n) is 2.49. The summed E-state index contributed by atoms with van der Waals surface area (Å²) in [4.78, 5) is 39.9. The van der Waals surface area contributed by atoms with Gasteiger partial charge in [-0.15, -0.1) is 0 Å². The molecule has 2 atom stereocenters. The fraction of sp³-hybridized carbons (Fsp3) is 0.333. The molecule has 7 nitrogen and oxygen atoms in total. The number of hydrogen-bond acceptors (Lipinski definition) is 5. The van der Waals surface area contributed by atoms with E-state index >= 15 is 0 Å². The van der Waals surface area contributed by atoms with E-state index < -0.39 is 29.8 Å². The number of amides is 1. The first kappa shape index (κ1) is 18.4. The average Bonchev–Trinajstić information content (AvgIpc) is 2.60. The number of carbonyl (C=O) groups excluding carboxylic acids is 2. The van der Waals surface area contributed by atoms with Crippen LogP contribution in [0.5, 0.6) is 0 Å². The van der Waals surface area contributed by atoms with Gasteiger partial charge in [0, 0.05) is 11.6 Å². The second kappa shape index (κ2) is 8.23. The summed E-state index contributed by atoms with van der Waals surface area (Å²) in [5.41, 5.74) is 0.975. The number of hydrogen-bond donors (Lipinski definition) is 2. The molecule has 0 fully saturated rings. The molecule has 0 spiro atoms. The lowest BCUT2D eigenvalue weighted by atomic mass is 10.0. The van der Waals surface area contributed by atoms with Crippen molar-refractivity contribution in [3.05, 3.63) is 42.1 Å². The summed E-state index contributed by atoms with van der Waals surface area (Å²) in [5.74, 6) is -2.86. The maximum Gasteiger partial charge on any atom is 0.326 e. The van der Waals surface area contributed by atoms with Crippen LogP contribution >= 0.6 is 0 Å². The largest absolute Gasteiger partial charge is 0.480 e. The Morgan fingerprint density at radius 3 is 2.64 bits per heavy atom. The highest BCUT2D eigenvalue weighted by molar-refractivity contribution is 6.06. The minimum atomic E-state index is -1.21. The van der Waals surface area contributed by atoms with Crippen molar-refractivity contribution in [1.82, 2.24) is 10.3 Å². The molecule has 1 amide bonds. The van der Waals surface area contributed by atoms with E-state index in [-0.39, 0.29) is 13.0 Å². The highest BCUT2D eigenvalue weighted by Crippen LogP contribution is 2.17. The molecule has 0 aliphatic carbocycles. The van der Waals surface area contributed by atoms with Crippen molar-refractivity contribution in [1.29, 1.82) is 0 Å². The highest BCUT2D eigenvalue weighted by atomic mass is 16.5. The number of carboxylic acids is 1. The lowest BCUT2D eigenvalue weighted by molar-refractivity contribution is -0.148. The van der Waals surface area contributed by atoms with Crippen LogP contribution in [0.2, 0.25) is 0 Å². The molecule has 0 bridgehead atoms. The average molecular weight is 344 g/mol. The third kappa shape index (κ3) is 4.53. The lowest BCUT2D eigenvalue weighted by Crippen LogP contribution is -2.42. The Hall–Kier alpha value is -2.96. The second-order valence-electron chi connectivity index (χ2n) is 5.63. The maximum absolute atomic E-state index is 12.5. The first-order chi connectivity index (χ1) is 11.9. The van der Waals surface area contributed by atoms with Crippen molar-refractivity contribution in [2.75, 3.05) is 6.61 Å². The Bertz CT molecular complexity index is 785. The lowest BCUT2D eigenvalue weighted by Gasteiger charge is -2.18. The quantitative estimate of drug-likeness (QED) is 0.744. The first-order valence-electron chi connectivity index (χ1n) is 7.98. The van der Waals surface area contributed by atoms with Gasteiger partial charge in [0.1, 0.15) is 6.04 Å². The number of nitrogens with zero attached hydrogens (tertiary/aromatic N) is 1. The van der Waals surface area contributed by atoms with Crippen molar-refractivity contribution in [3.63, 3.8) is 0 Å². The number of benzene rings is 1. The predicted octanol–water partition coefficient (Wildman–Crippen LogP) is 2.01. The summed E-state index contributed by atoms with van der Waals surface area (Å²) in [6, 6.07) is 7.43. The van der Waals surface area contributed by atoms with Gasteiger partial charge in [0.15, 0.2) is 0 Å². The van der Waals surface area contributed by atoms with Crippen LogP contribution in [0.4, 0.5) is 0 Å². The molecule has 0 saturated heterocycles. The number of para-hydroxylation sites is 1. The third-order valence-electron chi connectivity index (χ3n) is 3.78. The number of fused-ring (bicyclic) bond motifs is 1. The van der Waals surface area contributed by atoms with E-state index in [2.05, 4.69) is 10.3 Å². The number of ether oxygens (including phenoxy) is 1. The van der Waals surface area contributed by atoms with Crippen LogP contribution < -0.4 is 5.32 Å². The van der Waals surface area contributed by atoms with Crippen LogP contribution in [0.15, 0.2) is 36.5 Å². The van der Waals surface area contributed by atoms with Gasteiger partial charge < -0.3 is 15.2 Å². The number of aliphatic carboxylic acids is 1. The molecule has 132 valence electrons. The van der Waals surface area contributed by atoms with Crippen molar-refractivity contribution >= 4 is 28.7 Å². The van der Waals surface area contributed by atoms with Crippen LogP contribution in [-0.2, 0) is 14.3 Å². The molecule has 2 N–H and O–H groups in total. The number of carboxylic acid groups (broad SMARTS) is 1. The molecule has 1 aromatic carbocycles. The Labute approximate surface area is 145 Å². The summed E-state index contributed by atoms with van der Waals surface area (Å²) in [6.45, 7) is 3.47. The van der Waals surface area contributed by atoms with Crippen LogP contribution in [0.3, 0.4) is 0 Å². The van der Waals surface area contributed by atoms with E-state index in [4.69, 9.17) is 4.74 Å². The number of aromatic nitrogens is 1. The minimum absolute atomic E-state index is 0.0527. The van der Waals surface area contributed by atoms with Gasteiger partial charge >= 0.3 is 11.9 Å². The van der Waals surface area contributed by atoms with Gasteiger partial charge in [-0.25, -0.2) is 4.79 Å². The number of esters is 1. The van der Waals surface area contributed by atoms with Crippen molar-refractivity contribution in [2.24, 2.45) is 5.92 Å². The van der Waals surface area contributed by atoms with Gasteiger partial charge in [0.25, 0.3) is 5.91 Å². The molecular weight excluding hydrogens is 324 g/mol. The van der Waals surface area contributed by atoms with E-state index in [0.717, 1.165) is 0 Å². The number of nitrogens with one attached hydrogen (secondary N) is 1. The van der Waals surface area contributed by atoms with Gasteiger partial charge in [-0.05, 0) is 25.5 Å². The number of rotatable bonds is 7. The summed E-state index contributed by atoms with van der Waals surface area (Å²) in [6.07, 6.45) is 1.44. The maximum atomic E-state index is 12.5. The topological polar surface area (TPSA) is 106 Å². The third-order valence-corrected chi connectivity index (χ3v) is 3.78. The van der Waals surface area contributed by atoms with E-state index in [9.17, 15) is 19.5 Å². The van der Waals surface area contributed by atoms with Gasteiger partial charge in [0.05, 0.1) is 23.6 Å². The molecule has 0 unspecified atom stereocenters. The molecule has 0 radical (unpaired) electrons. The molecule has 25 heavy (non-hydrogen) atoms. The molecule has 2 rings (SSSR count). The minimum Gasteiger partial charge on any atom is -0.480 e. The fourth-order valence-corrected chi connectivity index (χ4v) is 2.49. The molecule has 0 aliphatic rings. The Kier molecular flexibility index (Phi) is 6.05. The van der Waals surface area contributed by atoms with Crippen molar-refractivity contribution < 1.29 is 24.2 Å². The monoisotopic (exact) mass is 344 g/mol. The smallest absolute Gasteiger partial charge is 0.326 e. The Morgan fingerprint density at radius 2 is 1.96 bits per heavy atom. The predicted molar refractivity (Wildman–Crippen MR) is 91.0 cm³/mol.